The van der Waals surface area contributed by atoms with E-state index < -0.39 is 0 Å². The second kappa shape index (κ2) is 5.00. The largest absolute Gasteiger partial charge is 0.508 e. The number of phenols is 1. The van der Waals surface area contributed by atoms with Gasteiger partial charge in [0.2, 0.25) is 5.91 Å². The van der Waals surface area contributed by atoms with Gasteiger partial charge in [-0.05, 0) is 35.2 Å². The van der Waals surface area contributed by atoms with Crippen molar-refractivity contribution in [3.8, 4) is 5.75 Å². The summed E-state index contributed by atoms with van der Waals surface area (Å²) in [4.78, 5) is 13.8. The molecule has 1 atom stereocenters. The summed E-state index contributed by atoms with van der Waals surface area (Å²) in [5, 5.41) is 9.44. The van der Waals surface area contributed by atoms with Crippen LogP contribution in [0.1, 0.15) is 29.7 Å². The summed E-state index contributed by atoms with van der Waals surface area (Å²) in [6.07, 6.45) is 0.893. The van der Waals surface area contributed by atoms with Gasteiger partial charge in [0.05, 0.1) is 6.04 Å². The van der Waals surface area contributed by atoms with Crippen molar-refractivity contribution < 1.29 is 9.90 Å². The van der Waals surface area contributed by atoms with Crippen molar-refractivity contribution in [1.29, 1.82) is 0 Å². The van der Waals surface area contributed by atoms with Gasteiger partial charge in [-0.25, -0.2) is 0 Å². The molecule has 3 nitrogen and oxygen atoms in total. The standard InChI is InChI=1S/C17H17NO2/c1-12(19)18-11-10-13-4-2-3-5-16(13)17(18)14-6-8-15(20)9-7-14/h2-9,17,20H,10-11H2,1H3. The van der Waals surface area contributed by atoms with E-state index in [0.29, 0.717) is 0 Å². The maximum atomic E-state index is 11.9. The average molecular weight is 267 g/mol. The molecule has 1 amide bonds. The van der Waals surface area contributed by atoms with Crippen LogP contribution in [0.5, 0.6) is 5.75 Å². The van der Waals surface area contributed by atoms with Gasteiger partial charge in [0.25, 0.3) is 0 Å². The van der Waals surface area contributed by atoms with Gasteiger partial charge < -0.3 is 10.0 Å². The summed E-state index contributed by atoms with van der Waals surface area (Å²) in [6.45, 7) is 2.35. The van der Waals surface area contributed by atoms with Crippen LogP contribution in [0, 0.1) is 0 Å². The molecule has 102 valence electrons. The number of carbonyl (C=O) groups excluding carboxylic acids is 1. The van der Waals surface area contributed by atoms with Crippen LogP contribution in [0.3, 0.4) is 0 Å². The van der Waals surface area contributed by atoms with Gasteiger partial charge in [-0.1, -0.05) is 36.4 Å². The van der Waals surface area contributed by atoms with Gasteiger partial charge in [0.15, 0.2) is 0 Å². The first-order valence-electron chi connectivity index (χ1n) is 6.81. The molecule has 0 saturated heterocycles. The quantitative estimate of drug-likeness (QED) is 0.863. The van der Waals surface area contributed by atoms with Gasteiger partial charge >= 0.3 is 0 Å². The Balaban J connectivity index is 2.11. The molecule has 0 fully saturated rings. The van der Waals surface area contributed by atoms with Crippen LogP contribution in [0.15, 0.2) is 48.5 Å². The number of nitrogens with zero attached hydrogens (tertiary/aromatic N) is 1. The lowest BCUT2D eigenvalue weighted by Gasteiger charge is -2.37. The molecular weight excluding hydrogens is 250 g/mol. The topological polar surface area (TPSA) is 40.5 Å². The predicted molar refractivity (Wildman–Crippen MR) is 77.5 cm³/mol. The van der Waals surface area contributed by atoms with Crippen LogP contribution in [-0.4, -0.2) is 22.5 Å². The van der Waals surface area contributed by atoms with Crippen molar-refractivity contribution in [2.24, 2.45) is 0 Å². The third-order valence-electron chi connectivity index (χ3n) is 3.90. The van der Waals surface area contributed by atoms with Crippen molar-refractivity contribution in [1.82, 2.24) is 4.90 Å². The number of hydrogen-bond donors (Lipinski definition) is 1. The molecule has 0 spiro atoms. The van der Waals surface area contributed by atoms with Crippen molar-refractivity contribution in [2.45, 2.75) is 19.4 Å². The third kappa shape index (κ3) is 2.16. The Morgan fingerprint density at radius 1 is 1.15 bits per heavy atom. The highest BCUT2D eigenvalue weighted by atomic mass is 16.3. The fourth-order valence-electron chi connectivity index (χ4n) is 2.92. The minimum absolute atomic E-state index is 0.0574. The molecule has 3 rings (SSSR count). The van der Waals surface area contributed by atoms with E-state index in [2.05, 4.69) is 12.1 Å². The molecule has 1 aliphatic heterocycles. The second-order valence-corrected chi connectivity index (χ2v) is 5.16. The molecule has 20 heavy (non-hydrogen) atoms. The van der Waals surface area contributed by atoms with E-state index in [1.165, 1.54) is 11.1 Å². The summed E-state index contributed by atoms with van der Waals surface area (Å²) in [6, 6.07) is 15.3. The predicted octanol–water partition coefficient (Wildman–Crippen LogP) is 2.89. The van der Waals surface area contributed by atoms with Gasteiger partial charge in [-0.15, -0.1) is 0 Å². The Bertz CT molecular complexity index is 634. The molecule has 0 aromatic heterocycles. The average Bonchev–Trinajstić information content (AvgIpc) is 2.47. The normalized spacial score (nSPS) is 17.6. The zero-order valence-corrected chi connectivity index (χ0v) is 11.4. The molecule has 1 unspecified atom stereocenters. The first-order chi connectivity index (χ1) is 9.66. The van der Waals surface area contributed by atoms with Crippen LogP contribution >= 0.6 is 0 Å². The lowest BCUT2D eigenvalue weighted by atomic mass is 9.88. The van der Waals surface area contributed by atoms with E-state index in [4.69, 9.17) is 0 Å². The zero-order chi connectivity index (χ0) is 14.1. The molecule has 1 heterocycles. The molecule has 2 aromatic carbocycles. The minimum Gasteiger partial charge on any atom is -0.508 e. The highest BCUT2D eigenvalue weighted by Crippen LogP contribution is 2.35. The summed E-state index contributed by atoms with van der Waals surface area (Å²) < 4.78 is 0. The van der Waals surface area contributed by atoms with Crippen molar-refractivity contribution in [3.05, 3.63) is 65.2 Å². The molecular formula is C17H17NO2. The Kier molecular flexibility index (Phi) is 3.18. The Morgan fingerprint density at radius 3 is 2.55 bits per heavy atom. The highest BCUT2D eigenvalue weighted by molar-refractivity contribution is 5.75. The Hall–Kier alpha value is -2.29. The molecule has 0 saturated carbocycles. The van der Waals surface area contributed by atoms with E-state index >= 15 is 0 Å². The van der Waals surface area contributed by atoms with Crippen LogP contribution in [-0.2, 0) is 11.2 Å². The molecule has 1 aliphatic rings. The Morgan fingerprint density at radius 2 is 1.85 bits per heavy atom. The number of amides is 1. The molecule has 0 bridgehead atoms. The van der Waals surface area contributed by atoms with Crippen molar-refractivity contribution in [2.75, 3.05) is 6.54 Å². The third-order valence-corrected chi connectivity index (χ3v) is 3.90. The molecule has 0 aliphatic carbocycles. The Labute approximate surface area is 118 Å². The van der Waals surface area contributed by atoms with Crippen molar-refractivity contribution in [3.63, 3.8) is 0 Å². The van der Waals surface area contributed by atoms with Crippen LogP contribution in [0.2, 0.25) is 0 Å². The first-order valence-corrected chi connectivity index (χ1v) is 6.81. The highest BCUT2D eigenvalue weighted by Gasteiger charge is 2.29. The second-order valence-electron chi connectivity index (χ2n) is 5.16. The number of phenolic OH excluding ortho intramolecular Hbond substituents is 1. The summed E-state index contributed by atoms with van der Waals surface area (Å²) in [7, 11) is 0. The summed E-state index contributed by atoms with van der Waals surface area (Å²) in [5.41, 5.74) is 3.51. The lowest BCUT2D eigenvalue weighted by Crippen LogP contribution is -2.39. The van der Waals surface area contributed by atoms with Crippen LogP contribution in [0.25, 0.3) is 0 Å². The van der Waals surface area contributed by atoms with Crippen LogP contribution < -0.4 is 0 Å². The molecule has 1 N–H and O–H groups in total. The van der Waals surface area contributed by atoms with Gasteiger partial charge in [0.1, 0.15) is 5.75 Å². The van der Waals surface area contributed by atoms with E-state index in [-0.39, 0.29) is 17.7 Å². The first kappa shape index (κ1) is 12.7. The molecule has 3 heteroatoms. The number of carbonyl (C=O) groups is 1. The maximum Gasteiger partial charge on any atom is 0.220 e. The maximum absolute atomic E-state index is 11.9. The summed E-state index contributed by atoms with van der Waals surface area (Å²) in [5.74, 6) is 0.324. The van der Waals surface area contributed by atoms with Crippen molar-refractivity contribution >= 4 is 5.91 Å². The smallest absolute Gasteiger partial charge is 0.220 e. The molecule has 2 aromatic rings. The number of rotatable bonds is 1. The van der Waals surface area contributed by atoms with E-state index in [1.54, 1.807) is 19.1 Å². The van der Waals surface area contributed by atoms with E-state index in [9.17, 15) is 9.90 Å². The summed E-state index contributed by atoms with van der Waals surface area (Å²) >= 11 is 0. The fraction of sp³-hybridized carbons (Fsp3) is 0.235. The minimum atomic E-state index is -0.0574. The van der Waals surface area contributed by atoms with E-state index in [1.807, 2.05) is 29.2 Å². The van der Waals surface area contributed by atoms with Gasteiger partial charge in [-0.2, -0.15) is 0 Å². The lowest BCUT2D eigenvalue weighted by molar-refractivity contribution is -0.130. The molecule has 0 radical (unpaired) electrons. The monoisotopic (exact) mass is 267 g/mol. The number of aromatic hydroxyl groups is 1. The van der Waals surface area contributed by atoms with Crippen LogP contribution in [0.4, 0.5) is 0 Å². The zero-order valence-electron chi connectivity index (χ0n) is 11.4. The van der Waals surface area contributed by atoms with E-state index in [0.717, 1.165) is 18.5 Å². The number of hydrogen-bond acceptors (Lipinski definition) is 2. The number of benzene rings is 2. The SMILES string of the molecule is CC(=O)N1CCc2ccccc2C1c1ccc(O)cc1. The number of fused-ring (bicyclic) bond motifs is 1. The van der Waals surface area contributed by atoms with Gasteiger partial charge in [-0.3, -0.25) is 4.79 Å². The fourth-order valence-corrected chi connectivity index (χ4v) is 2.92. The van der Waals surface area contributed by atoms with Gasteiger partial charge in [0, 0.05) is 13.5 Å².